The first kappa shape index (κ1) is 16.5. The van der Waals surface area contributed by atoms with Crippen LogP contribution in [0.4, 0.5) is 5.69 Å². The topological polar surface area (TPSA) is 49.3 Å². The molecule has 0 heterocycles. The molecule has 2 N–H and O–H groups in total. The van der Waals surface area contributed by atoms with Crippen LogP contribution in [0.1, 0.15) is 6.42 Å². The molecule has 0 spiro atoms. The number of halogens is 2. The number of rotatable bonds is 6. The SMILES string of the molecule is CS(C)(C)CC[C@@H](Nc1cc(Cl)cc(Cl)c1)C(=O)O. The summed E-state index contributed by atoms with van der Waals surface area (Å²) in [4.78, 5) is 11.3. The summed E-state index contributed by atoms with van der Waals surface area (Å²) in [5, 5.41) is 13.2. The van der Waals surface area contributed by atoms with Crippen molar-refractivity contribution in [2.75, 3.05) is 29.8 Å². The molecule has 0 unspecified atom stereocenters. The third kappa shape index (κ3) is 6.41. The molecule has 0 aromatic heterocycles. The first-order chi connectivity index (χ1) is 8.67. The zero-order valence-electron chi connectivity index (χ0n) is 11.2. The third-order valence-corrected chi connectivity index (χ3v) is 4.42. The molecular weight excluding hydrogens is 305 g/mol. The van der Waals surface area contributed by atoms with Crippen LogP contribution in [0.5, 0.6) is 0 Å². The Hall–Kier alpha value is -0.580. The van der Waals surface area contributed by atoms with Crippen LogP contribution in [0, 0.1) is 0 Å². The maximum absolute atomic E-state index is 11.3. The van der Waals surface area contributed by atoms with Crippen LogP contribution in [0.3, 0.4) is 0 Å². The van der Waals surface area contributed by atoms with Crippen molar-refractivity contribution in [3.8, 4) is 0 Å². The molecule has 19 heavy (non-hydrogen) atoms. The van der Waals surface area contributed by atoms with E-state index in [4.69, 9.17) is 23.2 Å². The second-order valence-electron chi connectivity index (χ2n) is 5.28. The van der Waals surface area contributed by atoms with Gasteiger partial charge in [-0.1, -0.05) is 23.2 Å². The standard InChI is InChI=1S/C13H19Cl2NO2S/c1-19(2,3)5-4-12(13(17)18)16-11-7-9(14)6-10(15)8-11/h6-8,12,16H,4-5H2,1-3H3,(H,17,18)/t12-/m1/s1. The van der Waals surface area contributed by atoms with Gasteiger partial charge in [0, 0.05) is 15.7 Å². The van der Waals surface area contributed by atoms with Gasteiger partial charge in [0.15, 0.2) is 0 Å². The van der Waals surface area contributed by atoms with Gasteiger partial charge in [-0.2, -0.15) is 0 Å². The van der Waals surface area contributed by atoms with Crippen molar-refractivity contribution >= 4 is 44.9 Å². The molecule has 0 aliphatic heterocycles. The highest BCUT2D eigenvalue weighted by Gasteiger charge is 2.19. The molecular formula is C13H19Cl2NO2S. The highest BCUT2D eigenvalue weighted by Crippen LogP contribution is 2.35. The Morgan fingerprint density at radius 1 is 1.26 bits per heavy atom. The minimum atomic E-state index is -0.861. The zero-order chi connectivity index (χ0) is 14.6. The molecule has 0 bridgehead atoms. The van der Waals surface area contributed by atoms with Crippen LogP contribution in [0.15, 0.2) is 18.2 Å². The summed E-state index contributed by atoms with van der Waals surface area (Å²) in [5.41, 5.74) is 0.633. The second-order valence-corrected chi connectivity index (χ2v) is 10.7. The Labute approximate surface area is 125 Å². The fourth-order valence-electron chi connectivity index (χ4n) is 1.57. The molecule has 108 valence electrons. The van der Waals surface area contributed by atoms with Gasteiger partial charge < -0.3 is 10.4 Å². The molecule has 0 fully saturated rings. The molecule has 0 saturated heterocycles. The lowest BCUT2D eigenvalue weighted by Gasteiger charge is -2.27. The average Bonchev–Trinajstić information content (AvgIpc) is 2.20. The summed E-state index contributed by atoms with van der Waals surface area (Å²) in [6, 6.07) is 4.34. The molecule has 1 aromatic rings. The predicted octanol–water partition coefficient (Wildman–Crippen LogP) is 3.94. The number of hydrogen-bond donors (Lipinski definition) is 2. The molecule has 0 amide bonds. The van der Waals surface area contributed by atoms with Gasteiger partial charge in [-0.25, -0.2) is 14.8 Å². The summed E-state index contributed by atoms with van der Waals surface area (Å²) in [7, 11) is -0.717. The van der Waals surface area contributed by atoms with E-state index in [1.807, 2.05) is 0 Å². The van der Waals surface area contributed by atoms with E-state index >= 15 is 0 Å². The van der Waals surface area contributed by atoms with Crippen molar-refractivity contribution in [1.29, 1.82) is 0 Å². The van der Waals surface area contributed by atoms with Crippen LogP contribution < -0.4 is 5.32 Å². The number of carboxylic acid groups (broad SMARTS) is 1. The summed E-state index contributed by atoms with van der Waals surface area (Å²) in [5.74, 6) is 0.0328. The Balaban J connectivity index is 2.75. The van der Waals surface area contributed by atoms with Crippen molar-refractivity contribution < 1.29 is 9.90 Å². The van der Waals surface area contributed by atoms with Gasteiger partial charge in [-0.05, 0) is 49.1 Å². The molecule has 0 saturated carbocycles. The minimum Gasteiger partial charge on any atom is -0.480 e. The van der Waals surface area contributed by atoms with Crippen LogP contribution in [-0.4, -0.2) is 41.6 Å². The first-order valence-electron chi connectivity index (χ1n) is 5.79. The van der Waals surface area contributed by atoms with E-state index in [-0.39, 0.29) is 0 Å². The number of anilines is 1. The van der Waals surface area contributed by atoms with Crippen LogP contribution in [0.2, 0.25) is 10.0 Å². The Morgan fingerprint density at radius 2 is 1.79 bits per heavy atom. The van der Waals surface area contributed by atoms with Crippen molar-refractivity contribution in [2.45, 2.75) is 12.5 Å². The summed E-state index contributed by atoms with van der Waals surface area (Å²) in [6.45, 7) is 0. The maximum atomic E-state index is 11.3. The number of carbonyl (C=O) groups is 1. The summed E-state index contributed by atoms with van der Waals surface area (Å²) in [6.07, 6.45) is 7.09. The molecule has 0 aliphatic carbocycles. The molecule has 0 radical (unpaired) electrons. The van der Waals surface area contributed by atoms with Crippen LogP contribution >= 0.6 is 33.2 Å². The normalized spacial score (nSPS) is 13.9. The smallest absolute Gasteiger partial charge is 0.326 e. The van der Waals surface area contributed by atoms with E-state index in [9.17, 15) is 9.90 Å². The van der Waals surface area contributed by atoms with Gasteiger partial charge in [-0.3, -0.25) is 0 Å². The largest absolute Gasteiger partial charge is 0.480 e. The molecule has 0 aliphatic rings. The third-order valence-electron chi connectivity index (χ3n) is 2.52. The van der Waals surface area contributed by atoms with Crippen molar-refractivity contribution in [3.05, 3.63) is 28.2 Å². The molecule has 6 heteroatoms. The van der Waals surface area contributed by atoms with E-state index in [1.54, 1.807) is 18.2 Å². The van der Waals surface area contributed by atoms with Gasteiger partial charge in [-0.15, -0.1) is 0 Å². The van der Waals surface area contributed by atoms with Gasteiger partial charge in [0.25, 0.3) is 0 Å². The van der Waals surface area contributed by atoms with E-state index < -0.39 is 22.0 Å². The summed E-state index contributed by atoms with van der Waals surface area (Å²) < 4.78 is 0. The lowest BCUT2D eigenvalue weighted by atomic mass is 10.2. The van der Waals surface area contributed by atoms with E-state index in [0.29, 0.717) is 22.2 Å². The minimum absolute atomic E-state index is 0.487. The quantitative estimate of drug-likeness (QED) is 0.833. The van der Waals surface area contributed by atoms with Crippen molar-refractivity contribution in [1.82, 2.24) is 0 Å². The lowest BCUT2D eigenvalue weighted by Crippen LogP contribution is -2.30. The van der Waals surface area contributed by atoms with Gasteiger partial charge in [0.1, 0.15) is 6.04 Å². The highest BCUT2D eigenvalue weighted by atomic mass is 35.5. The highest BCUT2D eigenvalue weighted by molar-refractivity contribution is 8.32. The maximum Gasteiger partial charge on any atom is 0.326 e. The first-order valence-corrected chi connectivity index (χ1v) is 9.57. The number of hydrogen-bond acceptors (Lipinski definition) is 2. The van der Waals surface area contributed by atoms with Gasteiger partial charge in [0.2, 0.25) is 0 Å². The fourth-order valence-corrected chi connectivity index (χ4v) is 3.04. The average molecular weight is 324 g/mol. The molecule has 1 rings (SSSR count). The zero-order valence-corrected chi connectivity index (χ0v) is 13.6. The molecule has 3 nitrogen and oxygen atoms in total. The lowest BCUT2D eigenvalue weighted by molar-refractivity contribution is -0.137. The number of carboxylic acids is 1. The predicted molar refractivity (Wildman–Crippen MR) is 86.4 cm³/mol. The van der Waals surface area contributed by atoms with Crippen LogP contribution in [-0.2, 0) is 4.79 Å². The number of benzene rings is 1. The molecule has 1 aromatic carbocycles. The van der Waals surface area contributed by atoms with E-state index in [1.165, 1.54) is 0 Å². The molecule has 1 atom stereocenters. The second kappa shape index (κ2) is 6.73. The Bertz CT molecular complexity index is 440. The van der Waals surface area contributed by atoms with E-state index in [2.05, 4.69) is 24.1 Å². The van der Waals surface area contributed by atoms with Crippen molar-refractivity contribution in [3.63, 3.8) is 0 Å². The van der Waals surface area contributed by atoms with Gasteiger partial charge in [0.05, 0.1) is 0 Å². The van der Waals surface area contributed by atoms with Crippen molar-refractivity contribution in [2.24, 2.45) is 0 Å². The van der Waals surface area contributed by atoms with Crippen LogP contribution in [0.25, 0.3) is 0 Å². The van der Waals surface area contributed by atoms with Gasteiger partial charge >= 0.3 is 5.97 Å². The monoisotopic (exact) mass is 323 g/mol. The van der Waals surface area contributed by atoms with E-state index in [0.717, 1.165) is 5.75 Å². The number of nitrogens with one attached hydrogen (secondary N) is 1. The Kier molecular flexibility index (Phi) is 5.83. The number of aliphatic carboxylic acids is 1. The Morgan fingerprint density at radius 3 is 2.21 bits per heavy atom. The summed E-state index contributed by atoms with van der Waals surface area (Å²) >= 11 is 11.8. The fraction of sp³-hybridized carbons (Fsp3) is 0.462.